The standard InChI is InChI=1S/C10H10Cl2O/c1-2-7-3-4-9(12)8(5-7)10(13)6-11/h3-5H,2,6H2,1H3. The minimum absolute atomic E-state index is 0.0209. The molecule has 0 radical (unpaired) electrons. The SMILES string of the molecule is CCc1ccc(Cl)c(C(=O)CCl)c1. The maximum Gasteiger partial charge on any atom is 0.179 e. The number of ketones is 1. The van der Waals surface area contributed by atoms with Gasteiger partial charge in [-0.2, -0.15) is 0 Å². The van der Waals surface area contributed by atoms with Crippen molar-refractivity contribution >= 4 is 29.0 Å². The molecule has 0 heterocycles. The van der Waals surface area contributed by atoms with Crippen LogP contribution in [-0.4, -0.2) is 11.7 Å². The number of carbonyl (C=O) groups excluding carboxylic acids is 1. The second-order valence-corrected chi connectivity index (χ2v) is 3.40. The van der Waals surface area contributed by atoms with E-state index in [0.717, 1.165) is 12.0 Å². The summed E-state index contributed by atoms with van der Waals surface area (Å²) in [6.07, 6.45) is 0.889. The Bertz CT molecular complexity index is 321. The Morgan fingerprint density at radius 2 is 2.15 bits per heavy atom. The molecule has 1 aromatic rings. The fourth-order valence-corrected chi connectivity index (χ4v) is 1.44. The number of hydrogen-bond donors (Lipinski definition) is 0. The fourth-order valence-electron chi connectivity index (χ4n) is 1.08. The van der Waals surface area contributed by atoms with Crippen LogP contribution in [0.4, 0.5) is 0 Å². The number of benzene rings is 1. The molecule has 1 aromatic carbocycles. The summed E-state index contributed by atoms with van der Waals surface area (Å²) in [6.45, 7) is 2.03. The first-order chi connectivity index (χ1) is 6.19. The molecule has 0 fully saturated rings. The Balaban J connectivity index is 3.11. The van der Waals surface area contributed by atoms with Crippen LogP contribution in [0.5, 0.6) is 0 Å². The molecule has 3 heteroatoms. The van der Waals surface area contributed by atoms with E-state index >= 15 is 0 Å². The Kier molecular flexibility index (Phi) is 3.76. The topological polar surface area (TPSA) is 17.1 Å². The van der Waals surface area contributed by atoms with E-state index in [9.17, 15) is 4.79 Å². The highest BCUT2D eigenvalue weighted by molar-refractivity contribution is 6.37. The molecule has 0 spiro atoms. The summed E-state index contributed by atoms with van der Waals surface area (Å²) in [7, 11) is 0. The lowest BCUT2D eigenvalue weighted by atomic mass is 10.1. The molecule has 0 aliphatic heterocycles. The molecule has 0 bridgehead atoms. The van der Waals surface area contributed by atoms with Crippen LogP contribution >= 0.6 is 23.2 Å². The van der Waals surface area contributed by atoms with Gasteiger partial charge in [-0.05, 0) is 24.1 Å². The maximum absolute atomic E-state index is 11.3. The summed E-state index contributed by atoms with van der Waals surface area (Å²) in [6, 6.07) is 5.45. The van der Waals surface area contributed by atoms with Crippen LogP contribution in [0.2, 0.25) is 5.02 Å². The van der Waals surface area contributed by atoms with Crippen molar-refractivity contribution in [1.29, 1.82) is 0 Å². The van der Waals surface area contributed by atoms with Crippen molar-refractivity contribution in [3.63, 3.8) is 0 Å². The monoisotopic (exact) mass is 216 g/mol. The smallest absolute Gasteiger partial charge is 0.179 e. The molecule has 0 aromatic heterocycles. The number of alkyl halides is 1. The second kappa shape index (κ2) is 4.64. The predicted octanol–water partition coefficient (Wildman–Crippen LogP) is 3.32. The van der Waals surface area contributed by atoms with E-state index in [2.05, 4.69) is 0 Å². The minimum Gasteiger partial charge on any atom is -0.293 e. The van der Waals surface area contributed by atoms with Gasteiger partial charge < -0.3 is 0 Å². The third-order valence-corrected chi connectivity index (χ3v) is 2.43. The van der Waals surface area contributed by atoms with Gasteiger partial charge in [-0.1, -0.05) is 24.6 Å². The predicted molar refractivity (Wildman–Crippen MR) is 55.9 cm³/mol. The molecule has 70 valence electrons. The number of carbonyl (C=O) groups is 1. The van der Waals surface area contributed by atoms with Crippen molar-refractivity contribution in [1.82, 2.24) is 0 Å². The number of Topliss-reactive ketones (excluding diaryl/α,β-unsaturated/α-hetero) is 1. The Morgan fingerprint density at radius 3 is 2.69 bits per heavy atom. The van der Waals surface area contributed by atoms with Gasteiger partial charge in [0.25, 0.3) is 0 Å². The van der Waals surface area contributed by atoms with Gasteiger partial charge in [0.05, 0.1) is 10.9 Å². The summed E-state index contributed by atoms with van der Waals surface area (Å²) in [5.41, 5.74) is 1.62. The Hall–Kier alpha value is -0.530. The van der Waals surface area contributed by atoms with E-state index in [1.807, 2.05) is 13.0 Å². The van der Waals surface area contributed by atoms with E-state index in [0.29, 0.717) is 10.6 Å². The van der Waals surface area contributed by atoms with Crippen LogP contribution in [0.3, 0.4) is 0 Å². The largest absolute Gasteiger partial charge is 0.293 e. The molecule has 0 atom stereocenters. The average Bonchev–Trinajstić information content (AvgIpc) is 2.17. The lowest BCUT2D eigenvalue weighted by molar-refractivity contribution is 0.102. The van der Waals surface area contributed by atoms with Gasteiger partial charge in [0.1, 0.15) is 0 Å². The summed E-state index contributed by atoms with van der Waals surface area (Å²) >= 11 is 11.3. The van der Waals surface area contributed by atoms with E-state index in [1.54, 1.807) is 12.1 Å². The molecule has 0 unspecified atom stereocenters. The maximum atomic E-state index is 11.3. The third-order valence-electron chi connectivity index (χ3n) is 1.86. The molecule has 13 heavy (non-hydrogen) atoms. The van der Waals surface area contributed by atoms with E-state index < -0.39 is 0 Å². The Morgan fingerprint density at radius 1 is 1.46 bits per heavy atom. The molecule has 1 rings (SSSR count). The van der Waals surface area contributed by atoms with E-state index in [4.69, 9.17) is 23.2 Å². The quantitative estimate of drug-likeness (QED) is 0.560. The molecule has 0 amide bonds. The van der Waals surface area contributed by atoms with Crippen molar-refractivity contribution in [3.8, 4) is 0 Å². The zero-order chi connectivity index (χ0) is 9.84. The molecule has 0 aliphatic carbocycles. The summed E-state index contributed by atoms with van der Waals surface area (Å²) < 4.78 is 0. The van der Waals surface area contributed by atoms with E-state index in [1.165, 1.54) is 0 Å². The number of halogens is 2. The van der Waals surface area contributed by atoms with Crippen LogP contribution < -0.4 is 0 Å². The van der Waals surface area contributed by atoms with Crippen LogP contribution in [0.1, 0.15) is 22.8 Å². The van der Waals surface area contributed by atoms with Crippen LogP contribution in [-0.2, 0) is 6.42 Å². The zero-order valence-electron chi connectivity index (χ0n) is 7.31. The van der Waals surface area contributed by atoms with Gasteiger partial charge in [0.2, 0.25) is 0 Å². The second-order valence-electron chi connectivity index (χ2n) is 2.72. The van der Waals surface area contributed by atoms with Gasteiger partial charge in [-0.3, -0.25) is 4.79 Å². The number of rotatable bonds is 3. The first-order valence-corrected chi connectivity index (χ1v) is 4.98. The minimum atomic E-state index is -0.123. The number of hydrogen-bond acceptors (Lipinski definition) is 1. The van der Waals surface area contributed by atoms with Crippen LogP contribution in [0, 0.1) is 0 Å². The average molecular weight is 217 g/mol. The lowest BCUT2D eigenvalue weighted by Crippen LogP contribution is -2.01. The van der Waals surface area contributed by atoms with Gasteiger partial charge in [0.15, 0.2) is 5.78 Å². The van der Waals surface area contributed by atoms with Crippen LogP contribution in [0.15, 0.2) is 18.2 Å². The lowest BCUT2D eigenvalue weighted by Gasteiger charge is -2.03. The first-order valence-electron chi connectivity index (χ1n) is 4.06. The van der Waals surface area contributed by atoms with Crippen molar-refractivity contribution < 1.29 is 4.79 Å². The van der Waals surface area contributed by atoms with Gasteiger partial charge in [-0.15, -0.1) is 11.6 Å². The van der Waals surface area contributed by atoms with E-state index in [-0.39, 0.29) is 11.7 Å². The third kappa shape index (κ3) is 2.45. The van der Waals surface area contributed by atoms with Crippen molar-refractivity contribution in [2.75, 3.05) is 5.88 Å². The fraction of sp³-hybridized carbons (Fsp3) is 0.300. The normalized spacial score (nSPS) is 10.1. The van der Waals surface area contributed by atoms with Gasteiger partial charge in [-0.25, -0.2) is 0 Å². The number of aryl methyl sites for hydroxylation is 1. The highest BCUT2D eigenvalue weighted by Crippen LogP contribution is 2.18. The van der Waals surface area contributed by atoms with Gasteiger partial charge in [0, 0.05) is 5.56 Å². The summed E-state index contributed by atoms with van der Waals surface area (Å²) in [5.74, 6) is -0.144. The Labute approximate surface area is 87.7 Å². The molecule has 1 nitrogen and oxygen atoms in total. The van der Waals surface area contributed by atoms with Crippen molar-refractivity contribution in [2.45, 2.75) is 13.3 Å². The summed E-state index contributed by atoms with van der Waals surface area (Å²) in [4.78, 5) is 11.3. The molecule has 0 N–H and O–H groups in total. The molecule has 0 saturated heterocycles. The summed E-state index contributed by atoms with van der Waals surface area (Å²) in [5, 5.41) is 0.475. The zero-order valence-corrected chi connectivity index (χ0v) is 8.82. The molecule has 0 aliphatic rings. The van der Waals surface area contributed by atoms with Crippen molar-refractivity contribution in [2.24, 2.45) is 0 Å². The molecular formula is C10H10Cl2O. The molecule has 0 saturated carbocycles. The van der Waals surface area contributed by atoms with Crippen molar-refractivity contribution in [3.05, 3.63) is 34.3 Å². The van der Waals surface area contributed by atoms with Gasteiger partial charge >= 0.3 is 0 Å². The molecular weight excluding hydrogens is 207 g/mol. The highest BCUT2D eigenvalue weighted by Gasteiger charge is 2.09. The first kappa shape index (κ1) is 10.6. The van der Waals surface area contributed by atoms with Crippen LogP contribution in [0.25, 0.3) is 0 Å². The highest BCUT2D eigenvalue weighted by atomic mass is 35.5.